The number of anilines is 1. The van der Waals surface area contributed by atoms with Gasteiger partial charge in [-0.2, -0.15) is 5.26 Å². The molecule has 7 nitrogen and oxygen atoms in total. The first-order valence-corrected chi connectivity index (χ1v) is 9.75. The summed E-state index contributed by atoms with van der Waals surface area (Å²) in [5.41, 5.74) is 1.20. The molecule has 140 valence electrons. The van der Waals surface area contributed by atoms with E-state index in [1.807, 2.05) is 6.07 Å². The number of sulfonamides is 1. The smallest absolute Gasteiger partial charge is 0.267 e. The van der Waals surface area contributed by atoms with Crippen LogP contribution in [0.5, 0.6) is 0 Å². The fourth-order valence-electron chi connectivity index (χ4n) is 2.14. The molecule has 0 spiro atoms. The maximum absolute atomic E-state index is 12.1. The van der Waals surface area contributed by atoms with Crippen molar-refractivity contribution in [2.45, 2.75) is 11.3 Å². The second-order valence-electron chi connectivity index (χ2n) is 5.50. The number of amides is 1. The SMILES string of the molecule is N#C/C(=C/NCCc1ccc(S(N)(=O)=O)cc1)C(=O)Nc1ccccc1Cl. The summed E-state index contributed by atoms with van der Waals surface area (Å²) in [6.45, 7) is 0.444. The Bertz CT molecular complexity index is 996. The fraction of sp³-hybridized carbons (Fsp3) is 0.111. The van der Waals surface area contributed by atoms with Gasteiger partial charge < -0.3 is 10.6 Å². The van der Waals surface area contributed by atoms with Crippen LogP contribution in [0, 0.1) is 11.3 Å². The average Bonchev–Trinajstić information content (AvgIpc) is 2.63. The number of hydrogen-bond acceptors (Lipinski definition) is 5. The number of hydrogen-bond donors (Lipinski definition) is 3. The lowest BCUT2D eigenvalue weighted by Crippen LogP contribution is -2.18. The second kappa shape index (κ2) is 9.19. The zero-order valence-corrected chi connectivity index (χ0v) is 15.7. The van der Waals surface area contributed by atoms with Gasteiger partial charge >= 0.3 is 0 Å². The number of benzene rings is 2. The normalized spacial score (nSPS) is 11.5. The highest BCUT2D eigenvalue weighted by atomic mass is 35.5. The van der Waals surface area contributed by atoms with Crippen molar-refractivity contribution in [3.63, 3.8) is 0 Å². The highest BCUT2D eigenvalue weighted by molar-refractivity contribution is 7.89. The quantitative estimate of drug-likeness (QED) is 0.370. The number of nitriles is 1. The van der Waals surface area contributed by atoms with Crippen molar-refractivity contribution in [3.05, 3.63) is 70.9 Å². The molecule has 27 heavy (non-hydrogen) atoms. The largest absolute Gasteiger partial charge is 0.389 e. The standard InChI is InChI=1S/C18H17ClN4O3S/c19-16-3-1-2-4-17(16)23-18(24)14(11-20)12-22-10-9-13-5-7-15(8-6-13)27(21,25)26/h1-8,12,22H,9-10H2,(H,23,24)(H2,21,25,26)/b14-12-. The van der Waals surface area contributed by atoms with E-state index in [0.717, 1.165) is 5.56 Å². The van der Waals surface area contributed by atoms with E-state index in [4.69, 9.17) is 22.0 Å². The molecule has 0 heterocycles. The molecule has 0 aliphatic carbocycles. The lowest BCUT2D eigenvalue weighted by atomic mass is 10.1. The van der Waals surface area contributed by atoms with E-state index in [0.29, 0.717) is 23.7 Å². The van der Waals surface area contributed by atoms with E-state index < -0.39 is 15.9 Å². The molecule has 0 bridgehead atoms. The molecule has 0 radical (unpaired) electrons. The Morgan fingerprint density at radius 1 is 1.19 bits per heavy atom. The van der Waals surface area contributed by atoms with Crippen molar-refractivity contribution in [3.8, 4) is 6.07 Å². The molecule has 2 aromatic rings. The van der Waals surface area contributed by atoms with E-state index >= 15 is 0 Å². The predicted octanol–water partition coefficient (Wildman–Crippen LogP) is 2.17. The topological polar surface area (TPSA) is 125 Å². The third-order valence-corrected chi connectivity index (χ3v) is 4.80. The Labute approximate surface area is 162 Å². The van der Waals surface area contributed by atoms with Gasteiger partial charge in [-0.15, -0.1) is 0 Å². The number of carbonyl (C=O) groups excluding carboxylic acids is 1. The van der Waals surface area contributed by atoms with Crippen LogP contribution in [0.3, 0.4) is 0 Å². The number of halogens is 1. The van der Waals surface area contributed by atoms with E-state index in [-0.39, 0.29) is 10.5 Å². The van der Waals surface area contributed by atoms with Gasteiger partial charge in [0.25, 0.3) is 5.91 Å². The van der Waals surface area contributed by atoms with Gasteiger partial charge in [-0.3, -0.25) is 4.79 Å². The van der Waals surface area contributed by atoms with Crippen molar-refractivity contribution < 1.29 is 13.2 Å². The second-order valence-corrected chi connectivity index (χ2v) is 7.47. The van der Waals surface area contributed by atoms with Gasteiger partial charge in [-0.1, -0.05) is 35.9 Å². The number of nitrogens with one attached hydrogen (secondary N) is 2. The molecule has 1 amide bonds. The van der Waals surface area contributed by atoms with Crippen LogP contribution in [0.25, 0.3) is 0 Å². The molecule has 0 fully saturated rings. The third-order valence-electron chi connectivity index (χ3n) is 3.54. The van der Waals surface area contributed by atoms with Crippen LogP contribution in [-0.4, -0.2) is 20.9 Å². The molecule has 0 saturated carbocycles. The number of carbonyl (C=O) groups is 1. The maximum Gasteiger partial charge on any atom is 0.267 e. The molecule has 0 aliphatic heterocycles. The van der Waals surface area contributed by atoms with Crippen molar-refractivity contribution >= 4 is 33.2 Å². The van der Waals surface area contributed by atoms with Gasteiger partial charge in [-0.05, 0) is 36.2 Å². The Kier molecular flexibility index (Phi) is 6.96. The van der Waals surface area contributed by atoms with Crippen molar-refractivity contribution in [1.82, 2.24) is 5.32 Å². The van der Waals surface area contributed by atoms with Gasteiger partial charge in [0.15, 0.2) is 0 Å². The number of para-hydroxylation sites is 1. The summed E-state index contributed by atoms with van der Waals surface area (Å²) in [6, 6.07) is 14.7. The van der Waals surface area contributed by atoms with Crippen LogP contribution in [0.1, 0.15) is 5.56 Å². The van der Waals surface area contributed by atoms with Crippen LogP contribution in [0.4, 0.5) is 5.69 Å². The lowest BCUT2D eigenvalue weighted by Gasteiger charge is -2.07. The monoisotopic (exact) mass is 404 g/mol. The molecule has 2 aromatic carbocycles. The number of primary sulfonamides is 1. The molecular formula is C18H17ClN4O3S. The predicted molar refractivity (Wildman–Crippen MR) is 103 cm³/mol. The van der Waals surface area contributed by atoms with Crippen LogP contribution in [-0.2, 0) is 21.2 Å². The molecule has 9 heteroatoms. The Balaban J connectivity index is 1.91. The van der Waals surface area contributed by atoms with E-state index in [9.17, 15) is 13.2 Å². The van der Waals surface area contributed by atoms with Crippen molar-refractivity contribution in [1.29, 1.82) is 5.26 Å². The minimum absolute atomic E-state index is 0.0436. The molecule has 0 aliphatic rings. The zero-order chi connectivity index (χ0) is 19.9. The minimum atomic E-state index is -3.71. The van der Waals surface area contributed by atoms with E-state index in [1.165, 1.54) is 18.3 Å². The van der Waals surface area contributed by atoms with Crippen molar-refractivity contribution in [2.24, 2.45) is 5.14 Å². The molecule has 0 atom stereocenters. The minimum Gasteiger partial charge on any atom is -0.389 e. The van der Waals surface area contributed by atoms with Crippen LogP contribution < -0.4 is 15.8 Å². The first kappa shape index (κ1) is 20.5. The van der Waals surface area contributed by atoms with Gasteiger partial charge in [0.1, 0.15) is 11.6 Å². The molecular weight excluding hydrogens is 388 g/mol. The lowest BCUT2D eigenvalue weighted by molar-refractivity contribution is -0.112. The maximum atomic E-state index is 12.1. The molecule has 0 aromatic heterocycles. The summed E-state index contributed by atoms with van der Waals surface area (Å²) >= 11 is 5.97. The highest BCUT2D eigenvalue weighted by Gasteiger charge is 2.11. The van der Waals surface area contributed by atoms with E-state index in [1.54, 1.807) is 36.4 Å². The van der Waals surface area contributed by atoms with Gasteiger partial charge in [0.05, 0.1) is 15.6 Å². The van der Waals surface area contributed by atoms with Gasteiger partial charge in [0.2, 0.25) is 10.0 Å². The molecule has 0 unspecified atom stereocenters. The van der Waals surface area contributed by atoms with Crippen LogP contribution in [0.2, 0.25) is 5.02 Å². The Morgan fingerprint density at radius 2 is 1.85 bits per heavy atom. The van der Waals surface area contributed by atoms with Crippen LogP contribution in [0.15, 0.2) is 65.2 Å². The average molecular weight is 405 g/mol. The number of nitrogens with two attached hydrogens (primary N) is 1. The summed E-state index contributed by atoms with van der Waals surface area (Å²) in [7, 11) is -3.71. The summed E-state index contributed by atoms with van der Waals surface area (Å²) in [6.07, 6.45) is 1.89. The van der Waals surface area contributed by atoms with Gasteiger partial charge in [-0.25, -0.2) is 13.6 Å². The number of nitrogens with zero attached hydrogens (tertiary/aromatic N) is 1. The molecule has 2 rings (SSSR count). The third kappa shape index (κ3) is 6.11. The number of rotatable bonds is 7. The highest BCUT2D eigenvalue weighted by Crippen LogP contribution is 2.20. The molecule has 0 saturated heterocycles. The molecule has 4 N–H and O–H groups in total. The Hall–Kier alpha value is -2.86. The Morgan fingerprint density at radius 3 is 2.44 bits per heavy atom. The van der Waals surface area contributed by atoms with Crippen molar-refractivity contribution in [2.75, 3.05) is 11.9 Å². The summed E-state index contributed by atoms with van der Waals surface area (Å²) in [5, 5.41) is 20.0. The summed E-state index contributed by atoms with van der Waals surface area (Å²) in [4.78, 5) is 12.2. The summed E-state index contributed by atoms with van der Waals surface area (Å²) < 4.78 is 22.4. The first-order valence-electron chi connectivity index (χ1n) is 7.82. The summed E-state index contributed by atoms with van der Waals surface area (Å²) in [5.74, 6) is -0.574. The first-order chi connectivity index (χ1) is 12.8. The van der Waals surface area contributed by atoms with Gasteiger partial charge in [0, 0.05) is 12.7 Å². The fourth-order valence-corrected chi connectivity index (χ4v) is 2.84. The zero-order valence-electron chi connectivity index (χ0n) is 14.1. The van der Waals surface area contributed by atoms with E-state index in [2.05, 4.69) is 10.6 Å². The van der Waals surface area contributed by atoms with Crippen LogP contribution >= 0.6 is 11.6 Å².